The summed E-state index contributed by atoms with van der Waals surface area (Å²) < 4.78 is 2.07. The Labute approximate surface area is 119 Å². The molecule has 1 unspecified atom stereocenters. The van der Waals surface area contributed by atoms with Crippen molar-refractivity contribution < 1.29 is 9.90 Å². The average Bonchev–Trinajstić information content (AvgIpc) is 2.91. The zero-order valence-electron chi connectivity index (χ0n) is 12.2. The number of carbonyl (C=O) groups is 1. The molecule has 1 aliphatic rings. The molecule has 0 saturated carbocycles. The highest BCUT2D eigenvalue weighted by molar-refractivity contribution is 5.78. The predicted molar refractivity (Wildman–Crippen MR) is 74.3 cm³/mol. The van der Waals surface area contributed by atoms with E-state index in [0.717, 1.165) is 38.4 Å². The molecule has 20 heavy (non-hydrogen) atoms. The quantitative estimate of drug-likeness (QED) is 0.749. The summed E-state index contributed by atoms with van der Waals surface area (Å²) in [5, 5.41) is 20.3. The zero-order chi connectivity index (χ0) is 14.6. The number of aromatic nitrogens is 3. The minimum atomic E-state index is -0.796. The van der Waals surface area contributed by atoms with Crippen molar-refractivity contribution in [3.63, 3.8) is 0 Å². The third kappa shape index (κ3) is 2.99. The van der Waals surface area contributed by atoms with E-state index in [4.69, 9.17) is 0 Å². The molecule has 0 aliphatic carbocycles. The monoisotopic (exact) mass is 281 g/mol. The van der Waals surface area contributed by atoms with Gasteiger partial charge >= 0.3 is 5.97 Å². The first-order valence-corrected chi connectivity index (χ1v) is 7.12. The standard InChI is InChI=1S/C13H23N5O2/c1-3-13(14-2,12(19)20)5-4-6-17-7-8-18-10-15-16-11(18)9-17/h10,14H,3-9H2,1-2H3,(H,19,20). The fourth-order valence-corrected chi connectivity index (χ4v) is 2.76. The molecule has 2 N–H and O–H groups in total. The molecule has 1 aliphatic heterocycles. The number of hydrogen-bond acceptors (Lipinski definition) is 5. The van der Waals surface area contributed by atoms with Crippen molar-refractivity contribution in [2.75, 3.05) is 20.1 Å². The fraction of sp³-hybridized carbons (Fsp3) is 0.769. The zero-order valence-corrected chi connectivity index (χ0v) is 12.2. The van der Waals surface area contributed by atoms with Gasteiger partial charge in [-0.1, -0.05) is 6.92 Å². The minimum absolute atomic E-state index is 0.590. The van der Waals surface area contributed by atoms with Crippen LogP contribution in [0.1, 0.15) is 32.0 Å². The molecule has 2 heterocycles. The van der Waals surface area contributed by atoms with Gasteiger partial charge in [-0.2, -0.15) is 0 Å². The summed E-state index contributed by atoms with van der Waals surface area (Å²) in [4.78, 5) is 13.7. The lowest BCUT2D eigenvalue weighted by Gasteiger charge is -2.30. The summed E-state index contributed by atoms with van der Waals surface area (Å²) in [5.74, 6) is 0.228. The summed E-state index contributed by atoms with van der Waals surface area (Å²) in [6, 6.07) is 0. The molecule has 0 saturated heterocycles. The largest absolute Gasteiger partial charge is 0.480 e. The highest BCUT2D eigenvalue weighted by atomic mass is 16.4. The molecule has 1 atom stereocenters. The van der Waals surface area contributed by atoms with Gasteiger partial charge in [-0.05, 0) is 32.9 Å². The Hall–Kier alpha value is -1.47. The van der Waals surface area contributed by atoms with Crippen LogP contribution in [0.3, 0.4) is 0 Å². The number of carboxylic acid groups (broad SMARTS) is 1. The van der Waals surface area contributed by atoms with Crippen molar-refractivity contribution in [3.8, 4) is 0 Å². The van der Waals surface area contributed by atoms with Gasteiger partial charge in [0.25, 0.3) is 0 Å². The molecule has 0 aromatic carbocycles. The SMILES string of the molecule is CCC(CCCN1CCn2cnnc2C1)(NC)C(=O)O. The van der Waals surface area contributed by atoms with E-state index >= 15 is 0 Å². The van der Waals surface area contributed by atoms with Gasteiger partial charge in [0.15, 0.2) is 0 Å². The maximum absolute atomic E-state index is 11.4. The van der Waals surface area contributed by atoms with Crippen LogP contribution in [0.5, 0.6) is 0 Å². The molecule has 1 aromatic rings. The Morgan fingerprint density at radius 2 is 2.35 bits per heavy atom. The second-order valence-corrected chi connectivity index (χ2v) is 5.31. The number of rotatable bonds is 7. The second-order valence-electron chi connectivity index (χ2n) is 5.31. The molecule has 7 heteroatoms. The lowest BCUT2D eigenvalue weighted by molar-refractivity contribution is -0.145. The molecule has 7 nitrogen and oxygen atoms in total. The number of carboxylic acids is 1. The number of nitrogens with zero attached hydrogens (tertiary/aromatic N) is 4. The number of fused-ring (bicyclic) bond motifs is 1. The van der Waals surface area contributed by atoms with Crippen LogP contribution in [0.15, 0.2) is 6.33 Å². The minimum Gasteiger partial charge on any atom is -0.480 e. The smallest absolute Gasteiger partial charge is 0.323 e. The highest BCUT2D eigenvalue weighted by Gasteiger charge is 2.34. The van der Waals surface area contributed by atoms with E-state index in [9.17, 15) is 9.90 Å². The highest BCUT2D eigenvalue weighted by Crippen LogP contribution is 2.19. The number of likely N-dealkylation sites (N-methyl/N-ethyl adjacent to an activating group) is 1. The molecule has 1 aromatic heterocycles. The van der Waals surface area contributed by atoms with Gasteiger partial charge in [-0.15, -0.1) is 10.2 Å². The van der Waals surface area contributed by atoms with Gasteiger partial charge in [-0.3, -0.25) is 9.69 Å². The van der Waals surface area contributed by atoms with Gasteiger partial charge in [0.1, 0.15) is 17.7 Å². The summed E-state index contributed by atoms with van der Waals surface area (Å²) >= 11 is 0. The van der Waals surface area contributed by atoms with Crippen LogP contribution in [0.25, 0.3) is 0 Å². The summed E-state index contributed by atoms with van der Waals surface area (Å²) in [6.45, 7) is 5.48. The third-order valence-corrected chi connectivity index (χ3v) is 4.29. The Bertz CT molecular complexity index is 455. The van der Waals surface area contributed by atoms with E-state index in [-0.39, 0.29) is 0 Å². The molecule has 112 valence electrons. The molecule has 0 bridgehead atoms. The predicted octanol–water partition coefficient (Wildman–Crippen LogP) is 0.327. The third-order valence-electron chi connectivity index (χ3n) is 4.29. The van der Waals surface area contributed by atoms with Gasteiger partial charge < -0.3 is 15.0 Å². The molecule has 2 rings (SSSR count). The summed E-state index contributed by atoms with van der Waals surface area (Å²) in [6.07, 6.45) is 3.85. The molecular weight excluding hydrogens is 258 g/mol. The van der Waals surface area contributed by atoms with Crippen molar-refractivity contribution >= 4 is 5.97 Å². The Kier molecular flexibility index (Phi) is 4.72. The molecular formula is C13H23N5O2. The van der Waals surface area contributed by atoms with Crippen LogP contribution >= 0.6 is 0 Å². The summed E-state index contributed by atoms with van der Waals surface area (Å²) in [7, 11) is 1.72. The Morgan fingerprint density at radius 3 is 3.00 bits per heavy atom. The van der Waals surface area contributed by atoms with E-state index in [1.807, 2.05) is 6.92 Å². The van der Waals surface area contributed by atoms with E-state index in [1.165, 1.54) is 0 Å². The normalized spacial score (nSPS) is 18.5. The first kappa shape index (κ1) is 14.9. The van der Waals surface area contributed by atoms with Crippen LogP contribution in [0.2, 0.25) is 0 Å². The van der Waals surface area contributed by atoms with Crippen molar-refractivity contribution in [3.05, 3.63) is 12.2 Å². The van der Waals surface area contributed by atoms with Crippen molar-refractivity contribution in [1.29, 1.82) is 0 Å². The van der Waals surface area contributed by atoms with Crippen molar-refractivity contribution in [1.82, 2.24) is 25.0 Å². The van der Waals surface area contributed by atoms with E-state index in [2.05, 4.69) is 25.0 Å². The number of aliphatic carboxylic acids is 1. The van der Waals surface area contributed by atoms with Gasteiger partial charge in [0.2, 0.25) is 0 Å². The van der Waals surface area contributed by atoms with Gasteiger partial charge in [0.05, 0.1) is 6.54 Å². The number of nitrogens with one attached hydrogen (secondary N) is 1. The Morgan fingerprint density at radius 1 is 1.55 bits per heavy atom. The van der Waals surface area contributed by atoms with Gasteiger partial charge in [-0.25, -0.2) is 0 Å². The molecule has 0 amide bonds. The average molecular weight is 281 g/mol. The van der Waals surface area contributed by atoms with Crippen LogP contribution < -0.4 is 5.32 Å². The van der Waals surface area contributed by atoms with Crippen LogP contribution in [0.4, 0.5) is 0 Å². The first-order valence-electron chi connectivity index (χ1n) is 7.12. The fourth-order valence-electron chi connectivity index (χ4n) is 2.76. The topological polar surface area (TPSA) is 83.3 Å². The van der Waals surface area contributed by atoms with Crippen LogP contribution in [-0.4, -0.2) is 56.4 Å². The van der Waals surface area contributed by atoms with E-state index in [1.54, 1.807) is 13.4 Å². The first-order chi connectivity index (χ1) is 9.61. The van der Waals surface area contributed by atoms with E-state index in [0.29, 0.717) is 12.8 Å². The second kappa shape index (κ2) is 6.32. The lowest BCUT2D eigenvalue weighted by atomic mass is 9.90. The lowest BCUT2D eigenvalue weighted by Crippen LogP contribution is -2.50. The van der Waals surface area contributed by atoms with Crippen LogP contribution in [-0.2, 0) is 17.9 Å². The molecule has 0 radical (unpaired) electrons. The summed E-state index contributed by atoms with van der Waals surface area (Å²) in [5.41, 5.74) is -0.796. The maximum Gasteiger partial charge on any atom is 0.323 e. The van der Waals surface area contributed by atoms with E-state index < -0.39 is 11.5 Å². The van der Waals surface area contributed by atoms with Crippen LogP contribution in [0, 0.1) is 0 Å². The van der Waals surface area contributed by atoms with Crippen molar-refractivity contribution in [2.24, 2.45) is 0 Å². The maximum atomic E-state index is 11.4. The van der Waals surface area contributed by atoms with Crippen molar-refractivity contribution in [2.45, 2.75) is 44.8 Å². The molecule has 0 spiro atoms. The number of hydrogen-bond donors (Lipinski definition) is 2. The Balaban J connectivity index is 1.83. The van der Waals surface area contributed by atoms with Gasteiger partial charge in [0, 0.05) is 13.1 Å². The molecule has 0 fully saturated rings.